The summed E-state index contributed by atoms with van der Waals surface area (Å²) >= 11 is 3.43. The molecule has 0 radical (unpaired) electrons. The van der Waals surface area contributed by atoms with Crippen LogP contribution in [0.3, 0.4) is 0 Å². The number of carboxylic acids is 1. The molecule has 78 valence electrons. The first kappa shape index (κ1) is 10.2. The minimum absolute atomic E-state index is 0.306. The van der Waals surface area contributed by atoms with E-state index >= 15 is 0 Å². The molecule has 1 N–H and O–H groups in total. The molecule has 0 fully saturated rings. The van der Waals surface area contributed by atoms with Gasteiger partial charge in [-0.25, -0.2) is 4.79 Å². The molecule has 1 heterocycles. The molecule has 0 amide bonds. The van der Waals surface area contributed by atoms with Crippen molar-refractivity contribution in [3.63, 3.8) is 0 Å². The van der Waals surface area contributed by atoms with E-state index in [0.29, 0.717) is 5.69 Å². The van der Waals surface area contributed by atoms with E-state index in [9.17, 15) is 4.79 Å². The molecule has 1 aromatic heterocycles. The topological polar surface area (TPSA) is 42.2 Å². The second-order valence-electron chi connectivity index (χ2n) is 3.52. The number of carboxylic acid groups (broad SMARTS) is 1. The van der Waals surface area contributed by atoms with Crippen LogP contribution in [0.1, 0.15) is 16.1 Å². The Morgan fingerprint density at radius 1 is 1.47 bits per heavy atom. The first-order valence-corrected chi connectivity index (χ1v) is 5.29. The third-order valence-electron chi connectivity index (χ3n) is 2.58. The van der Waals surface area contributed by atoms with Crippen LogP contribution in [0.2, 0.25) is 0 Å². The summed E-state index contributed by atoms with van der Waals surface area (Å²) in [5.74, 6) is -0.903. The lowest BCUT2D eigenvalue weighted by Gasteiger charge is -2.02. The van der Waals surface area contributed by atoms with Crippen LogP contribution in [0.4, 0.5) is 0 Å². The van der Waals surface area contributed by atoms with Crippen molar-refractivity contribution >= 4 is 32.8 Å². The Labute approximate surface area is 95.5 Å². The monoisotopic (exact) mass is 267 g/mol. The minimum atomic E-state index is -0.903. The van der Waals surface area contributed by atoms with Crippen LogP contribution in [-0.2, 0) is 7.05 Å². The van der Waals surface area contributed by atoms with Crippen LogP contribution in [0.25, 0.3) is 10.9 Å². The Bertz CT molecular complexity index is 557. The van der Waals surface area contributed by atoms with E-state index in [1.165, 1.54) is 0 Å². The summed E-state index contributed by atoms with van der Waals surface area (Å²) in [6.45, 7) is 1.97. The lowest BCUT2D eigenvalue weighted by atomic mass is 10.1. The van der Waals surface area contributed by atoms with Crippen molar-refractivity contribution in [2.75, 3.05) is 0 Å². The number of hydrogen-bond donors (Lipinski definition) is 1. The summed E-state index contributed by atoms with van der Waals surface area (Å²) in [7, 11) is 1.76. The van der Waals surface area contributed by atoms with Crippen LogP contribution >= 0.6 is 15.9 Å². The van der Waals surface area contributed by atoms with Crippen LogP contribution in [0.15, 0.2) is 22.7 Å². The number of hydrogen-bond acceptors (Lipinski definition) is 1. The van der Waals surface area contributed by atoms with E-state index < -0.39 is 5.97 Å². The maximum Gasteiger partial charge on any atom is 0.352 e. The summed E-state index contributed by atoms with van der Waals surface area (Å²) in [6, 6.07) is 5.61. The van der Waals surface area contributed by atoms with Gasteiger partial charge in [-0.05, 0) is 40.5 Å². The van der Waals surface area contributed by atoms with E-state index in [4.69, 9.17) is 5.11 Å². The average Bonchev–Trinajstić information content (AvgIpc) is 2.51. The summed E-state index contributed by atoms with van der Waals surface area (Å²) in [6.07, 6.45) is 0. The van der Waals surface area contributed by atoms with Crippen LogP contribution in [0.5, 0.6) is 0 Å². The van der Waals surface area contributed by atoms with Gasteiger partial charge in [0.15, 0.2) is 0 Å². The Hall–Kier alpha value is -1.29. The SMILES string of the molecule is Cc1ccc(Br)c2c1cc(C(=O)O)n2C. The van der Waals surface area contributed by atoms with E-state index in [1.54, 1.807) is 17.7 Å². The number of aromatic nitrogens is 1. The maximum atomic E-state index is 11.0. The molecule has 2 aromatic rings. The van der Waals surface area contributed by atoms with Gasteiger partial charge < -0.3 is 9.67 Å². The van der Waals surface area contributed by atoms with Gasteiger partial charge in [-0.1, -0.05) is 6.07 Å². The standard InChI is InChI=1S/C11H10BrNO2/c1-6-3-4-8(12)10-7(6)5-9(11(14)15)13(10)2/h3-5H,1-2H3,(H,14,15). The molecule has 0 atom stereocenters. The fraction of sp³-hybridized carbons (Fsp3) is 0.182. The first-order valence-electron chi connectivity index (χ1n) is 4.50. The summed E-state index contributed by atoms with van der Waals surface area (Å²) in [5.41, 5.74) is 2.31. The number of benzene rings is 1. The smallest absolute Gasteiger partial charge is 0.352 e. The van der Waals surface area contributed by atoms with Gasteiger partial charge in [0.2, 0.25) is 0 Å². The van der Waals surface area contributed by atoms with E-state index in [2.05, 4.69) is 15.9 Å². The zero-order valence-electron chi connectivity index (χ0n) is 8.41. The van der Waals surface area contributed by atoms with Crippen molar-refractivity contribution in [1.29, 1.82) is 0 Å². The van der Waals surface area contributed by atoms with Gasteiger partial charge in [-0.3, -0.25) is 0 Å². The third-order valence-corrected chi connectivity index (χ3v) is 3.22. The lowest BCUT2D eigenvalue weighted by molar-refractivity contribution is 0.0687. The lowest BCUT2D eigenvalue weighted by Crippen LogP contribution is -2.03. The largest absolute Gasteiger partial charge is 0.477 e. The van der Waals surface area contributed by atoms with E-state index in [1.807, 2.05) is 19.1 Å². The number of aromatic carboxylic acids is 1. The number of rotatable bonds is 1. The Balaban J connectivity index is 2.93. The highest BCUT2D eigenvalue weighted by molar-refractivity contribution is 9.10. The zero-order valence-corrected chi connectivity index (χ0v) is 10.00. The van der Waals surface area contributed by atoms with Gasteiger partial charge in [0.1, 0.15) is 5.69 Å². The van der Waals surface area contributed by atoms with Crippen molar-refractivity contribution in [3.8, 4) is 0 Å². The van der Waals surface area contributed by atoms with Gasteiger partial charge in [-0.15, -0.1) is 0 Å². The Morgan fingerprint density at radius 2 is 2.13 bits per heavy atom. The van der Waals surface area contributed by atoms with Crippen molar-refractivity contribution < 1.29 is 9.90 Å². The molecule has 2 rings (SSSR count). The summed E-state index contributed by atoms with van der Waals surface area (Å²) in [5, 5.41) is 9.99. The van der Waals surface area contributed by atoms with Gasteiger partial charge in [0, 0.05) is 16.9 Å². The van der Waals surface area contributed by atoms with Gasteiger partial charge in [0.05, 0.1) is 5.52 Å². The minimum Gasteiger partial charge on any atom is -0.477 e. The van der Waals surface area contributed by atoms with Crippen LogP contribution < -0.4 is 0 Å². The average molecular weight is 268 g/mol. The molecular weight excluding hydrogens is 258 g/mol. The zero-order chi connectivity index (χ0) is 11.2. The number of nitrogens with zero attached hydrogens (tertiary/aromatic N) is 1. The third kappa shape index (κ3) is 1.45. The molecule has 4 heteroatoms. The summed E-state index contributed by atoms with van der Waals surface area (Å²) < 4.78 is 2.60. The molecular formula is C11H10BrNO2. The molecule has 0 bridgehead atoms. The highest BCUT2D eigenvalue weighted by Gasteiger charge is 2.14. The first-order chi connectivity index (χ1) is 7.02. The molecule has 0 saturated heterocycles. The van der Waals surface area contributed by atoms with Gasteiger partial charge in [-0.2, -0.15) is 0 Å². The molecule has 1 aromatic carbocycles. The highest BCUT2D eigenvalue weighted by Crippen LogP contribution is 2.29. The van der Waals surface area contributed by atoms with Crippen molar-refractivity contribution in [2.24, 2.45) is 7.05 Å². The van der Waals surface area contributed by atoms with Crippen molar-refractivity contribution in [3.05, 3.63) is 33.9 Å². The number of halogens is 1. The van der Waals surface area contributed by atoms with E-state index in [-0.39, 0.29) is 0 Å². The molecule has 0 aliphatic rings. The van der Waals surface area contributed by atoms with Gasteiger partial charge in [0.25, 0.3) is 0 Å². The fourth-order valence-corrected chi connectivity index (χ4v) is 2.38. The molecule has 3 nitrogen and oxygen atoms in total. The van der Waals surface area contributed by atoms with Gasteiger partial charge >= 0.3 is 5.97 Å². The molecule has 0 saturated carbocycles. The molecule has 0 unspecified atom stereocenters. The van der Waals surface area contributed by atoms with Crippen molar-refractivity contribution in [2.45, 2.75) is 6.92 Å². The summed E-state index contributed by atoms with van der Waals surface area (Å²) in [4.78, 5) is 11.0. The Kier molecular flexibility index (Phi) is 2.31. The normalized spacial score (nSPS) is 10.9. The fourth-order valence-electron chi connectivity index (χ4n) is 1.76. The molecule has 0 spiro atoms. The molecule has 0 aliphatic heterocycles. The molecule has 15 heavy (non-hydrogen) atoms. The quantitative estimate of drug-likeness (QED) is 0.863. The second kappa shape index (κ2) is 3.38. The van der Waals surface area contributed by atoms with Crippen LogP contribution in [0, 0.1) is 6.92 Å². The predicted octanol–water partition coefficient (Wildman–Crippen LogP) is 2.95. The van der Waals surface area contributed by atoms with Crippen molar-refractivity contribution in [1.82, 2.24) is 4.57 Å². The second-order valence-corrected chi connectivity index (χ2v) is 4.37. The highest BCUT2D eigenvalue weighted by atomic mass is 79.9. The number of fused-ring (bicyclic) bond motifs is 1. The predicted molar refractivity (Wildman–Crippen MR) is 62.3 cm³/mol. The molecule has 0 aliphatic carbocycles. The number of aryl methyl sites for hydroxylation is 2. The van der Waals surface area contributed by atoms with Crippen LogP contribution in [-0.4, -0.2) is 15.6 Å². The Morgan fingerprint density at radius 3 is 2.67 bits per heavy atom. The van der Waals surface area contributed by atoms with E-state index in [0.717, 1.165) is 20.9 Å². The maximum absolute atomic E-state index is 11.0. The number of carbonyl (C=O) groups is 1.